The first kappa shape index (κ1) is 18.8. The average Bonchev–Trinajstić information content (AvgIpc) is 2.61. The Kier molecular flexibility index (Phi) is 7.66. The Bertz CT molecular complexity index is 458. The molecule has 0 N–H and O–H groups in total. The second-order valence-electron chi connectivity index (χ2n) is 8.23. The van der Waals surface area contributed by atoms with E-state index in [9.17, 15) is 5.11 Å². The van der Waals surface area contributed by atoms with E-state index in [1.807, 2.05) is 24.3 Å². The first-order valence-corrected chi connectivity index (χ1v) is 10.6. The molecule has 1 aromatic rings. The van der Waals surface area contributed by atoms with Crippen LogP contribution in [0.25, 0.3) is 0 Å². The first-order valence-electron chi connectivity index (χ1n) is 10.6. The number of rotatable bonds is 2. The maximum atomic E-state index is 12.6. The van der Waals surface area contributed by atoms with E-state index in [0.29, 0.717) is 11.8 Å². The molecule has 2 nitrogen and oxygen atoms in total. The van der Waals surface area contributed by atoms with Gasteiger partial charge in [-0.1, -0.05) is 63.5 Å². The molecule has 0 aromatic heterocycles. The fourth-order valence-electron chi connectivity index (χ4n) is 4.78. The van der Waals surface area contributed by atoms with E-state index in [2.05, 4.69) is 6.07 Å². The van der Waals surface area contributed by atoms with Crippen molar-refractivity contribution in [3.63, 3.8) is 0 Å². The van der Waals surface area contributed by atoms with Gasteiger partial charge in [-0.2, -0.15) is 0 Å². The van der Waals surface area contributed by atoms with Crippen molar-refractivity contribution in [2.75, 3.05) is 0 Å². The van der Waals surface area contributed by atoms with Gasteiger partial charge in [-0.15, -0.1) is 0 Å². The maximum absolute atomic E-state index is 12.6. The topological polar surface area (TPSA) is 29.1 Å². The van der Waals surface area contributed by atoms with Crippen molar-refractivity contribution < 1.29 is 9.84 Å². The standard InChI is InChI=1S/C23H34O2/c24-21-16-17-23(25-22-14-8-3-9-15-22)20-12-6-1-4-10-19(18-21)11-5-2-7-13-20/h3,8,14-15,19-21,23H,1-2,4-7,10-13,16-18H2. The molecule has 1 aromatic carbocycles. The van der Waals surface area contributed by atoms with Crippen molar-refractivity contribution in [3.8, 4) is 5.75 Å². The van der Waals surface area contributed by atoms with Gasteiger partial charge in [0.2, 0.25) is 0 Å². The van der Waals surface area contributed by atoms with Crippen LogP contribution in [0.3, 0.4) is 0 Å². The number of ether oxygens (including phenoxy) is 1. The van der Waals surface area contributed by atoms with Crippen molar-refractivity contribution in [1.29, 1.82) is 0 Å². The summed E-state index contributed by atoms with van der Waals surface area (Å²) in [5.74, 6) is 2.18. The van der Waals surface area contributed by atoms with Crippen LogP contribution in [0.2, 0.25) is 0 Å². The minimum absolute atomic E-state index is 0.199. The molecule has 0 heterocycles. The predicted octanol–water partition coefficient (Wildman–Crippen LogP) is 6.36. The predicted molar refractivity (Wildman–Crippen MR) is 101 cm³/mol. The summed E-state index contributed by atoms with van der Waals surface area (Å²) in [6, 6.07) is 11.0. The summed E-state index contributed by atoms with van der Waals surface area (Å²) < 4.78 is 6.39. The van der Waals surface area contributed by atoms with Crippen molar-refractivity contribution >= 4 is 0 Å². The van der Waals surface area contributed by atoms with E-state index in [1.165, 1.54) is 64.2 Å². The summed E-state index contributed by atoms with van der Waals surface area (Å²) >= 11 is 0. The molecule has 2 atom stereocenters. The van der Waals surface area contributed by atoms with E-state index in [1.54, 1.807) is 0 Å². The molecule has 0 amide bonds. The summed E-state index contributed by atoms with van der Waals surface area (Å²) in [6.07, 6.45) is 15.3. The van der Waals surface area contributed by atoms with Gasteiger partial charge in [-0.3, -0.25) is 0 Å². The highest BCUT2D eigenvalue weighted by molar-refractivity contribution is 5.20. The number of hydrogen-bond donors (Lipinski definition) is 0. The number of benzene rings is 1. The monoisotopic (exact) mass is 342 g/mol. The zero-order valence-corrected chi connectivity index (χ0v) is 15.6. The normalized spacial score (nSPS) is 32.5. The molecule has 2 heteroatoms. The van der Waals surface area contributed by atoms with Crippen molar-refractivity contribution in [2.24, 2.45) is 11.8 Å². The highest BCUT2D eigenvalue weighted by Gasteiger charge is 2.26. The van der Waals surface area contributed by atoms with Crippen LogP contribution in [0.15, 0.2) is 24.3 Å². The lowest BCUT2D eigenvalue weighted by Crippen LogP contribution is -2.29. The van der Waals surface area contributed by atoms with Crippen molar-refractivity contribution in [3.05, 3.63) is 30.3 Å². The van der Waals surface area contributed by atoms with Gasteiger partial charge in [0.1, 0.15) is 11.9 Å². The van der Waals surface area contributed by atoms with Gasteiger partial charge in [0.25, 0.3) is 0 Å². The Morgan fingerprint density at radius 3 is 2.28 bits per heavy atom. The Labute approximate surface area is 154 Å². The third kappa shape index (κ3) is 6.33. The van der Waals surface area contributed by atoms with Gasteiger partial charge in [0.05, 0.1) is 6.10 Å². The second kappa shape index (κ2) is 10.2. The Hall–Kier alpha value is -1.02. The maximum Gasteiger partial charge on any atom is 0.120 e. The molecular formula is C23H34O2. The Morgan fingerprint density at radius 2 is 1.60 bits per heavy atom. The molecule has 138 valence electrons. The van der Waals surface area contributed by atoms with Crippen molar-refractivity contribution in [2.45, 2.75) is 95.7 Å². The molecule has 0 spiro atoms. The highest BCUT2D eigenvalue weighted by Crippen LogP contribution is 2.33. The minimum Gasteiger partial charge on any atom is -0.490 e. The van der Waals surface area contributed by atoms with E-state index in [-0.39, 0.29) is 6.10 Å². The average molecular weight is 343 g/mol. The molecule has 3 saturated carbocycles. The smallest absolute Gasteiger partial charge is 0.120 e. The van der Waals surface area contributed by atoms with Crippen molar-refractivity contribution in [1.82, 2.24) is 0 Å². The Morgan fingerprint density at radius 1 is 0.880 bits per heavy atom. The Balaban J connectivity index is 1.74. The molecule has 2 radical (unpaired) electrons. The van der Waals surface area contributed by atoms with Crippen LogP contribution in [-0.2, 0) is 5.11 Å². The van der Waals surface area contributed by atoms with Crippen LogP contribution in [0, 0.1) is 17.9 Å². The number of fused-ring (bicyclic) bond motifs is 12. The molecular weight excluding hydrogens is 308 g/mol. The van der Waals surface area contributed by atoms with Crippen LogP contribution in [0.4, 0.5) is 0 Å². The summed E-state index contributed by atoms with van der Waals surface area (Å²) in [7, 11) is 0. The third-order valence-corrected chi connectivity index (χ3v) is 6.24. The van der Waals surface area contributed by atoms with Gasteiger partial charge in [-0.25, -0.2) is 5.11 Å². The molecule has 2 unspecified atom stereocenters. The molecule has 4 rings (SSSR count). The fraction of sp³-hybridized carbons (Fsp3) is 0.739. The lowest BCUT2D eigenvalue weighted by Gasteiger charge is -2.31. The van der Waals surface area contributed by atoms with E-state index < -0.39 is 6.10 Å². The van der Waals surface area contributed by atoms with Gasteiger partial charge in [0.15, 0.2) is 0 Å². The van der Waals surface area contributed by atoms with Gasteiger partial charge >= 0.3 is 0 Å². The molecule has 0 aliphatic heterocycles. The molecule has 3 fully saturated rings. The molecule has 0 saturated heterocycles. The minimum atomic E-state index is -0.405. The fourth-order valence-corrected chi connectivity index (χ4v) is 4.78. The van der Waals surface area contributed by atoms with Gasteiger partial charge in [0, 0.05) is 0 Å². The van der Waals surface area contributed by atoms with E-state index in [0.717, 1.165) is 25.0 Å². The van der Waals surface area contributed by atoms with E-state index >= 15 is 0 Å². The van der Waals surface area contributed by atoms with E-state index in [4.69, 9.17) is 4.74 Å². The quantitative estimate of drug-likeness (QED) is 0.614. The summed E-state index contributed by atoms with van der Waals surface area (Å²) in [5.41, 5.74) is 0. The van der Waals surface area contributed by atoms with Gasteiger partial charge in [-0.05, 0) is 62.1 Å². The summed E-state index contributed by atoms with van der Waals surface area (Å²) in [4.78, 5) is 0. The van der Waals surface area contributed by atoms with Crippen LogP contribution < -0.4 is 4.74 Å². The highest BCUT2D eigenvalue weighted by atomic mass is 16.5. The van der Waals surface area contributed by atoms with Crippen LogP contribution in [0.5, 0.6) is 5.75 Å². The zero-order chi connectivity index (χ0) is 17.3. The lowest BCUT2D eigenvalue weighted by molar-refractivity contribution is 0.0288. The molecule has 3 aliphatic carbocycles. The van der Waals surface area contributed by atoms with Gasteiger partial charge < -0.3 is 4.74 Å². The molecule has 3 aliphatic rings. The number of hydrogen-bond acceptors (Lipinski definition) is 1. The SMILES string of the molecule is [O]C1CCC(Oc2c[c]ccc2)C2CCCCCC(CCCCC2)C1. The third-order valence-electron chi connectivity index (χ3n) is 6.24. The summed E-state index contributed by atoms with van der Waals surface area (Å²) in [5, 5.41) is 12.6. The van der Waals surface area contributed by atoms with Crippen LogP contribution in [-0.4, -0.2) is 12.2 Å². The second-order valence-corrected chi connectivity index (χ2v) is 8.23. The van der Waals surface area contributed by atoms with Crippen LogP contribution in [0.1, 0.15) is 83.5 Å². The molecule has 25 heavy (non-hydrogen) atoms. The van der Waals surface area contributed by atoms with Crippen LogP contribution >= 0.6 is 0 Å². The zero-order valence-electron chi connectivity index (χ0n) is 15.6. The molecule has 2 bridgehead atoms. The largest absolute Gasteiger partial charge is 0.490 e. The lowest BCUT2D eigenvalue weighted by atomic mass is 9.82. The summed E-state index contributed by atoms with van der Waals surface area (Å²) in [6.45, 7) is 0. The first-order chi connectivity index (χ1) is 12.3.